The molecule has 1 aromatic heterocycles. The van der Waals surface area contributed by atoms with Crippen molar-refractivity contribution in [2.45, 2.75) is 38.7 Å². The van der Waals surface area contributed by atoms with Gasteiger partial charge in [0, 0.05) is 18.0 Å². The van der Waals surface area contributed by atoms with E-state index in [1.54, 1.807) is 12.4 Å². The summed E-state index contributed by atoms with van der Waals surface area (Å²) in [4.78, 5) is 8.70. The van der Waals surface area contributed by atoms with Crippen molar-refractivity contribution < 1.29 is 5.11 Å². The molecule has 1 heterocycles. The van der Waals surface area contributed by atoms with Crippen molar-refractivity contribution in [1.82, 2.24) is 9.97 Å². The third-order valence-corrected chi connectivity index (χ3v) is 4.36. The van der Waals surface area contributed by atoms with E-state index in [1.165, 1.54) is 12.8 Å². The Kier molecular flexibility index (Phi) is 3.47. The number of benzene rings is 1. The molecule has 3 rings (SSSR count). The predicted molar refractivity (Wildman–Crippen MR) is 75.6 cm³/mol. The molecule has 3 nitrogen and oxygen atoms in total. The SMILES string of the molecule is CC1CCC(C(O)c2cccc3nccnc23)CC1. The van der Waals surface area contributed by atoms with Crippen molar-refractivity contribution in [3.8, 4) is 0 Å². The molecule has 0 aliphatic heterocycles. The van der Waals surface area contributed by atoms with Gasteiger partial charge in [-0.1, -0.05) is 31.9 Å². The van der Waals surface area contributed by atoms with Crippen molar-refractivity contribution in [1.29, 1.82) is 0 Å². The molecule has 19 heavy (non-hydrogen) atoms. The van der Waals surface area contributed by atoms with Crippen molar-refractivity contribution in [2.75, 3.05) is 0 Å². The summed E-state index contributed by atoms with van der Waals surface area (Å²) in [6.07, 6.45) is 7.64. The number of hydrogen-bond acceptors (Lipinski definition) is 3. The molecule has 1 aliphatic carbocycles. The Hall–Kier alpha value is -1.48. The highest BCUT2D eigenvalue weighted by Crippen LogP contribution is 2.37. The van der Waals surface area contributed by atoms with E-state index in [0.29, 0.717) is 5.92 Å². The van der Waals surface area contributed by atoms with Gasteiger partial charge in [0.05, 0.1) is 17.1 Å². The van der Waals surface area contributed by atoms with Gasteiger partial charge in [-0.05, 0) is 30.7 Å². The summed E-state index contributed by atoms with van der Waals surface area (Å²) < 4.78 is 0. The monoisotopic (exact) mass is 256 g/mol. The number of aliphatic hydroxyl groups excluding tert-OH is 1. The average Bonchev–Trinajstić information content (AvgIpc) is 2.47. The summed E-state index contributed by atoms with van der Waals surface area (Å²) >= 11 is 0. The summed E-state index contributed by atoms with van der Waals surface area (Å²) in [6.45, 7) is 2.30. The molecule has 1 fully saturated rings. The molecule has 0 radical (unpaired) electrons. The number of hydrogen-bond donors (Lipinski definition) is 1. The zero-order valence-corrected chi connectivity index (χ0v) is 11.3. The van der Waals surface area contributed by atoms with E-state index in [4.69, 9.17) is 0 Å². The van der Waals surface area contributed by atoms with E-state index in [9.17, 15) is 5.11 Å². The zero-order chi connectivity index (χ0) is 13.2. The summed E-state index contributed by atoms with van der Waals surface area (Å²) in [5.74, 6) is 1.17. The number of aromatic nitrogens is 2. The van der Waals surface area contributed by atoms with Gasteiger partial charge in [-0.15, -0.1) is 0 Å². The summed E-state index contributed by atoms with van der Waals surface area (Å²) in [6, 6.07) is 5.89. The molecule has 0 spiro atoms. The smallest absolute Gasteiger partial charge is 0.0944 e. The number of para-hydroxylation sites is 1. The molecule has 1 atom stereocenters. The van der Waals surface area contributed by atoms with Gasteiger partial charge < -0.3 is 5.11 Å². The molecule has 1 unspecified atom stereocenters. The first-order chi connectivity index (χ1) is 9.25. The summed E-state index contributed by atoms with van der Waals surface area (Å²) in [5, 5.41) is 10.7. The van der Waals surface area contributed by atoms with Crippen LogP contribution >= 0.6 is 0 Å². The number of aliphatic hydroxyl groups is 1. The minimum Gasteiger partial charge on any atom is -0.388 e. The van der Waals surface area contributed by atoms with E-state index < -0.39 is 6.10 Å². The maximum atomic E-state index is 10.7. The normalized spacial score (nSPS) is 25.4. The van der Waals surface area contributed by atoms with E-state index in [2.05, 4.69) is 16.9 Å². The molecule has 3 heteroatoms. The standard InChI is InChI=1S/C16H20N2O/c1-11-5-7-12(8-6-11)16(19)13-3-2-4-14-15(13)18-10-9-17-14/h2-4,9-12,16,19H,5-8H2,1H3. The molecule has 2 aromatic rings. The molecule has 100 valence electrons. The molecule has 1 N–H and O–H groups in total. The third-order valence-electron chi connectivity index (χ3n) is 4.36. The molecule has 0 bridgehead atoms. The van der Waals surface area contributed by atoms with Crippen LogP contribution in [-0.4, -0.2) is 15.1 Å². The van der Waals surface area contributed by atoms with Crippen LogP contribution in [0, 0.1) is 11.8 Å². The van der Waals surface area contributed by atoms with Crippen LogP contribution in [0.4, 0.5) is 0 Å². The Labute approximate surface area is 113 Å². The molecule has 1 aromatic carbocycles. The average molecular weight is 256 g/mol. The number of rotatable bonds is 2. The minimum atomic E-state index is -0.409. The van der Waals surface area contributed by atoms with Gasteiger partial charge in [0.1, 0.15) is 0 Å². The molecule has 0 amide bonds. The maximum absolute atomic E-state index is 10.7. The first kappa shape index (κ1) is 12.5. The second kappa shape index (κ2) is 5.25. The Bertz CT molecular complexity index is 556. The van der Waals surface area contributed by atoms with Gasteiger partial charge >= 0.3 is 0 Å². The fraction of sp³-hybridized carbons (Fsp3) is 0.500. The van der Waals surface area contributed by atoms with Gasteiger partial charge in [-0.2, -0.15) is 0 Å². The molecular formula is C16H20N2O. The second-order valence-electron chi connectivity index (χ2n) is 5.74. The van der Waals surface area contributed by atoms with Crippen molar-refractivity contribution >= 4 is 11.0 Å². The highest BCUT2D eigenvalue weighted by molar-refractivity contribution is 5.77. The highest BCUT2D eigenvalue weighted by atomic mass is 16.3. The van der Waals surface area contributed by atoms with Crippen LogP contribution in [0.5, 0.6) is 0 Å². The topological polar surface area (TPSA) is 46.0 Å². The third kappa shape index (κ3) is 2.47. The van der Waals surface area contributed by atoms with Crippen molar-refractivity contribution in [3.63, 3.8) is 0 Å². The fourth-order valence-electron chi connectivity index (χ4n) is 3.11. The van der Waals surface area contributed by atoms with Crippen LogP contribution in [0.3, 0.4) is 0 Å². The lowest BCUT2D eigenvalue weighted by molar-refractivity contribution is 0.0766. The summed E-state index contributed by atoms with van der Waals surface area (Å²) in [7, 11) is 0. The highest BCUT2D eigenvalue weighted by Gasteiger charge is 2.27. The predicted octanol–water partition coefficient (Wildman–Crippen LogP) is 3.49. The van der Waals surface area contributed by atoms with E-state index in [-0.39, 0.29) is 0 Å². The molecule has 1 saturated carbocycles. The first-order valence-corrected chi connectivity index (χ1v) is 7.13. The lowest BCUT2D eigenvalue weighted by Gasteiger charge is -2.30. The van der Waals surface area contributed by atoms with Gasteiger partial charge in [0.25, 0.3) is 0 Å². The lowest BCUT2D eigenvalue weighted by Crippen LogP contribution is -2.19. The van der Waals surface area contributed by atoms with Crippen LogP contribution in [0.25, 0.3) is 11.0 Å². The van der Waals surface area contributed by atoms with E-state index in [0.717, 1.165) is 35.4 Å². The van der Waals surface area contributed by atoms with E-state index >= 15 is 0 Å². The van der Waals surface area contributed by atoms with Crippen LogP contribution in [0.15, 0.2) is 30.6 Å². The lowest BCUT2D eigenvalue weighted by atomic mass is 9.78. The van der Waals surface area contributed by atoms with Gasteiger partial charge in [0.2, 0.25) is 0 Å². The molecule has 0 saturated heterocycles. The first-order valence-electron chi connectivity index (χ1n) is 7.13. The molecule has 1 aliphatic rings. The number of nitrogens with zero attached hydrogens (tertiary/aromatic N) is 2. The fourth-order valence-corrected chi connectivity index (χ4v) is 3.11. The minimum absolute atomic E-state index is 0.365. The second-order valence-corrected chi connectivity index (χ2v) is 5.74. The Morgan fingerprint density at radius 2 is 1.84 bits per heavy atom. The molecular weight excluding hydrogens is 236 g/mol. The Balaban J connectivity index is 1.91. The van der Waals surface area contributed by atoms with Crippen LogP contribution < -0.4 is 0 Å². The maximum Gasteiger partial charge on any atom is 0.0944 e. The van der Waals surface area contributed by atoms with Gasteiger partial charge in [0.15, 0.2) is 0 Å². The largest absolute Gasteiger partial charge is 0.388 e. The van der Waals surface area contributed by atoms with Crippen LogP contribution in [-0.2, 0) is 0 Å². The Morgan fingerprint density at radius 3 is 2.63 bits per heavy atom. The Morgan fingerprint density at radius 1 is 1.11 bits per heavy atom. The number of fused-ring (bicyclic) bond motifs is 1. The van der Waals surface area contributed by atoms with Crippen molar-refractivity contribution in [3.05, 3.63) is 36.2 Å². The quantitative estimate of drug-likeness (QED) is 0.894. The van der Waals surface area contributed by atoms with Gasteiger partial charge in [-0.3, -0.25) is 9.97 Å². The van der Waals surface area contributed by atoms with Crippen LogP contribution in [0.1, 0.15) is 44.3 Å². The van der Waals surface area contributed by atoms with Gasteiger partial charge in [-0.25, -0.2) is 0 Å². The zero-order valence-electron chi connectivity index (χ0n) is 11.3. The van der Waals surface area contributed by atoms with Crippen LogP contribution in [0.2, 0.25) is 0 Å². The summed E-state index contributed by atoms with van der Waals surface area (Å²) in [5.41, 5.74) is 2.64. The van der Waals surface area contributed by atoms with E-state index in [1.807, 2.05) is 18.2 Å². The van der Waals surface area contributed by atoms with Crippen molar-refractivity contribution in [2.24, 2.45) is 11.8 Å².